The van der Waals surface area contributed by atoms with Crippen LogP contribution in [0.15, 0.2) is 24.3 Å². The number of hydrogen-bond donors (Lipinski definition) is 2. The lowest BCUT2D eigenvalue weighted by Crippen LogP contribution is -2.57. The van der Waals surface area contributed by atoms with Gasteiger partial charge < -0.3 is 10.4 Å². The van der Waals surface area contributed by atoms with Gasteiger partial charge in [-0.1, -0.05) is 24.3 Å². The molecule has 126 valence electrons. The number of aliphatic hydroxyl groups excluding tert-OH is 1. The fraction of sp³-hybridized carbons (Fsp3) is 0.562. The third kappa shape index (κ3) is 3.67. The molecule has 4 nitrogen and oxygen atoms in total. The first-order valence-corrected chi connectivity index (χ1v) is 7.69. The molecule has 1 heterocycles. The topological polar surface area (TPSA) is 52.6 Å². The second-order valence-corrected chi connectivity index (χ2v) is 6.30. The summed E-state index contributed by atoms with van der Waals surface area (Å²) in [7, 11) is 0. The number of nitrogens with zero attached hydrogens (tertiary/aromatic N) is 1. The molecule has 0 aromatic heterocycles. The molecule has 0 saturated carbocycles. The van der Waals surface area contributed by atoms with Crippen molar-refractivity contribution in [1.82, 2.24) is 10.2 Å². The highest BCUT2D eigenvalue weighted by Crippen LogP contribution is 2.31. The summed E-state index contributed by atoms with van der Waals surface area (Å²) in [5.74, 6) is -0.734. The van der Waals surface area contributed by atoms with Gasteiger partial charge in [0.2, 0.25) is 5.91 Å². The Balaban J connectivity index is 1.59. The molecular formula is C16H19F3N2O2. The summed E-state index contributed by atoms with van der Waals surface area (Å²) in [5.41, 5.74) is 1.99. The quantitative estimate of drug-likeness (QED) is 0.887. The van der Waals surface area contributed by atoms with Crippen LogP contribution in [-0.4, -0.2) is 47.8 Å². The van der Waals surface area contributed by atoms with Gasteiger partial charge in [-0.2, -0.15) is 13.2 Å². The zero-order valence-corrected chi connectivity index (χ0v) is 12.5. The molecule has 2 N–H and O–H groups in total. The molecule has 0 unspecified atom stereocenters. The highest BCUT2D eigenvalue weighted by molar-refractivity contribution is 5.80. The van der Waals surface area contributed by atoms with Gasteiger partial charge in [-0.25, -0.2) is 0 Å². The van der Waals surface area contributed by atoms with Crippen molar-refractivity contribution in [2.45, 2.75) is 31.2 Å². The van der Waals surface area contributed by atoms with E-state index in [0.717, 1.165) is 17.5 Å². The van der Waals surface area contributed by atoms with Gasteiger partial charge in [0.1, 0.15) is 0 Å². The molecule has 0 spiro atoms. The second kappa shape index (κ2) is 6.13. The van der Waals surface area contributed by atoms with Crippen molar-refractivity contribution in [2.75, 3.05) is 19.6 Å². The largest absolute Gasteiger partial charge is 0.401 e. The van der Waals surface area contributed by atoms with Crippen LogP contribution in [0, 0.1) is 5.92 Å². The lowest BCUT2D eigenvalue weighted by Gasteiger charge is -2.40. The molecule has 1 aromatic carbocycles. The van der Waals surface area contributed by atoms with Gasteiger partial charge in [0.15, 0.2) is 0 Å². The summed E-state index contributed by atoms with van der Waals surface area (Å²) in [5, 5.41) is 13.0. The Morgan fingerprint density at radius 2 is 2.00 bits per heavy atom. The van der Waals surface area contributed by atoms with Gasteiger partial charge in [-0.05, 0) is 24.0 Å². The summed E-state index contributed by atoms with van der Waals surface area (Å²) in [6, 6.07) is 7.12. The van der Waals surface area contributed by atoms with E-state index in [1.165, 1.54) is 4.90 Å². The number of carbonyl (C=O) groups is 1. The minimum absolute atomic E-state index is 0.107. The van der Waals surface area contributed by atoms with Crippen LogP contribution in [0.3, 0.4) is 0 Å². The van der Waals surface area contributed by atoms with E-state index in [-0.39, 0.29) is 19.0 Å². The van der Waals surface area contributed by atoms with Gasteiger partial charge in [0.25, 0.3) is 0 Å². The SMILES string of the molecule is O=C(N[C@H]1c2ccccc2CC[C@H]1O)C1CN(CC(F)(F)F)C1. The maximum absolute atomic E-state index is 12.3. The molecule has 1 amide bonds. The number of amides is 1. The van der Waals surface area contributed by atoms with E-state index in [0.29, 0.717) is 6.42 Å². The van der Waals surface area contributed by atoms with E-state index in [1.54, 1.807) is 0 Å². The Morgan fingerprint density at radius 3 is 2.70 bits per heavy atom. The van der Waals surface area contributed by atoms with Crippen LogP contribution < -0.4 is 5.32 Å². The van der Waals surface area contributed by atoms with Crippen molar-refractivity contribution in [3.8, 4) is 0 Å². The van der Waals surface area contributed by atoms with Gasteiger partial charge >= 0.3 is 6.18 Å². The highest BCUT2D eigenvalue weighted by atomic mass is 19.4. The molecule has 1 fully saturated rings. The first-order chi connectivity index (χ1) is 10.8. The van der Waals surface area contributed by atoms with Gasteiger partial charge in [-0.15, -0.1) is 0 Å². The fourth-order valence-corrected chi connectivity index (χ4v) is 3.31. The van der Waals surface area contributed by atoms with E-state index in [9.17, 15) is 23.1 Å². The van der Waals surface area contributed by atoms with Crippen molar-refractivity contribution in [3.05, 3.63) is 35.4 Å². The first kappa shape index (κ1) is 16.3. The fourth-order valence-electron chi connectivity index (χ4n) is 3.31. The summed E-state index contributed by atoms with van der Waals surface area (Å²) >= 11 is 0. The van der Waals surface area contributed by atoms with Gasteiger partial charge in [-0.3, -0.25) is 9.69 Å². The lowest BCUT2D eigenvalue weighted by molar-refractivity contribution is -0.163. The molecule has 7 heteroatoms. The molecule has 1 saturated heterocycles. The summed E-state index contributed by atoms with van der Waals surface area (Å²) < 4.78 is 36.8. The molecule has 0 radical (unpaired) electrons. The summed E-state index contributed by atoms with van der Waals surface area (Å²) in [4.78, 5) is 13.4. The Hall–Kier alpha value is -1.60. The summed E-state index contributed by atoms with van der Waals surface area (Å²) in [6.07, 6.45) is -3.58. The smallest absolute Gasteiger partial charge is 0.391 e. The van der Waals surface area contributed by atoms with Crippen LogP contribution >= 0.6 is 0 Å². The van der Waals surface area contributed by atoms with Crippen LogP contribution in [0.1, 0.15) is 23.6 Å². The summed E-state index contributed by atoms with van der Waals surface area (Å²) in [6.45, 7) is -0.767. The minimum Gasteiger partial charge on any atom is -0.391 e. The Bertz CT molecular complexity index is 585. The minimum atomic E-state index is -4.24. The Kier molecular flexibility index (Phi) is 4.33. The predicted octanol–water partition coefficient (Wildman–Crippen LogP) is 1.65. The van der Waals surface area contributed by atoms with E-state index in [2.05, 4.69) is 5.32 Å². The number of aryl methyl sites for hydroxylation is 1. The Labute approximate surface area is 132 Å². The van der Waals surface area contributed by atoms with E-state index < -0.39 is 30.8 Å². The lowest BCUT2D eigenvalue weighted by atomic mass is 9.85. The predicted molar refractivity (Wildman–Crippen MR) is 77.6 cm³/mol. The standard InChI is InChI=1S/C16H19F3N2O2/c17-16(18,19)9-21-7-11(8-21)15(23)20-14-12-4-2-1-3-10(12)5-6-13(14)22/h1-4,11,13-14,22H,5-9H2,(H,20,23)/t13-,14+/m1/s1. The number of carbonyl (C=O) groups excluding carboxylic acids is 1. The van der Waals surface area contributed by atoms with Gasteiger partial charge in [0, 0.05) is 13.1 Å². The molecule has 1 aromatic rings. The van der Waals surface area contributed by atoms with Crippen LogP contribution in [-0.2, 0) is 11.2 Å². The number of likely N-dealkylation sites (tertiary alicyclic amines) is 1. The van der Waals surface area contributed by atoms with E-state index >= 15 is 0 Å². The number of nitrogens with one attached hydrogen (secondary N) is 1. The second-order valence-electron chi connectivity index (χ2n) is 6.30. The van der Waals surface area contributed by atoms with Crippen LogP contribution in [0.5, 0.6) is 0 Å². The molecular weight excluding hydrogens is 309 g/mol. The third-order valence-electron chi connectivity index (χ3n) is 4.51. The maximum Gasteiger partial charge on any atom is 0.401 e. The number of aliphatic hydroxyl groups is 1. The highest BCUT2D eigenvalue weighted by Gasteiger charge is 2.41. The number of alkyl halides is 3. The molecule has 2 atom stereocenters. The number of hydrogen-bond acceptors (Lipinski definition) is 3. The molecule has 1 aliphatic carbocycles. The number of halogens is 3. The van der Waals surface area contributed by atoms with Crippen LogP contribution in [0.25, 0.3) is 0 Å². The van der Waals surface area contributed by atoms with Crippen LogP contribution in [0.4, 0.5) is 13.2 Å². The van der Waals surface area contributed by atoms with Crippen molar-refractivity contribution < 1.29 is 23.1 Å². The molecule has 2 aliphatic rings. The van der Waals surface area contributed by atoms with Crippen molar-refractivity contribution in [3.63, 3.8) is 0 Å². The van der Waals surface area contributed by atoms with Crippen molar-refractivity contribution in [2.24, 2.45) is 5.92 Å². The van der Waals surface area contributed by atoms with E-state index in [1.807, 2.05) is 24.3 Å². The maximum atomic E-state index is 12.3. The number of fused-ring (bicyclic) bond motifs is 1. The average Bonchev–Trinajstić information content (AvgIpc) is 2.44. The number of rotatable bonds is 3. The molecule has 1 aliphatic heterocycles. The zero-order valence-electron chi connectivity index (χ0n) is 12.5. The third-order valence-corrected chi connectivity index (χ3v) is 4.51. The zero-order chi connectivity index (χ0) is 16.6. The molecule has 0 bridgehead atoms. The molecule has 23 heavy (non-hydrogen) atoms. The van der Waals surface area contributed by atoms with Gasteiger partial charge in [0.05, 0.1) is 24.6 Å². The van der Waals surface area contributed by atoms with Crippen molar-refractivity contribution in [1.29, 1.82) is 0 Å². The first-order valence-electron chi connectivity index (χ1n) is 7.69. The monoisotopic (exact) mass is 328 g/mol. The Morgan fingerprint density at radius 1 is 1.30 bits per heavy atom. The van der Waals surface area contributed by atoms with Crippen molar-refractivity contribution >= 4 is 5.91 Å². The number of benzene rings is 1. The molecule has 3 rings (SSSR count). The van der Waals surface area contributed by atoms with Crippen LogP contribution in [0.2, 0.25) is 0 Å². The van der Waals surface area contributed by atoms with E-state index in [4.69, 9.17) is 0 Å². The normalized spacial score (nSPS) is 25.6. The average molecular weight is 328 g/mol.